The molecule has 19 heavy (non-hydrogen) atoms. The molecular weight excluding hydrogens is 278 g/mol. The molecule has 0 bridgehead atoms. The van der Waals surface area contributed by atoms with E-state index in [2.05, 4.69) is 0 Å². The lowest BCUT2D eigenvalue weighted by Gasteiger charge is -2.17. The minimum Gasteiger partial charge on any atom is -0.315 e. The van der Waals surface area contributed by atoms with Crippen LogP contribution in [0.25, 0.3) is 0 Å². The Bertz CT molecular complexity index is 562. The second kappa shape index (κ2) is 6.22. The van der Waals surface area contributed by atoms with Crippen LogP contribution >= 0.6 is 22.9 Å². The van der Waals surface area contributed by atoms with Gasteiger partial charge in [-0.2, -0.15) is 0 Å². The predicted octanol–water partition coefficient (Wildman–Crippen LogP) is 4.31. The zero-order valence-corrected chi connectivity index (χ0v) is 12.6. The molecule has 1 aromatic carbocycles. The number of anilines is 1. The average Bonchev–Trinajstić information content (AvgIpc) is 2.82. The van der Waals surface area contributed by atoms with Crippen LogP contribution < -0.4 is 4.90 Å². The molecule has 0 unspecified atom stereocenters. The van der Waals surface area contributed by atoms with Gasteiger partial charge in [0, 0.05) is 24.0 Å². The lowest BCUT2D eigenvalue weighted by atomic mass is 10.2. The summed E-state index contributed by atoms with van der Waals surface area (Å²) in [6.45, 7) is 2.03. The van der Waals surface area contributed by atoms with Gasteiger partial charge in [-0.05, 0) is 37.6 Å². The highest BCUT2D eigenvalue weighted by Gasteiger charge is 2.11. The molecule has 0 atom stereocenters. The first-order valence-electron chi connectivity index (χ1n) is 6.13. The molecule has 0 N–H and O–H groups in total. The van der Waals surface area contributed by atoms with E-state index in [1.807, 2.05) is 50.4 Å². The van der Waals surface area contributed by atoms with Crippen molar-refractivity contribution in [1.82, 2.24) is 0 Å². The highest BCUT2D eigenvalue weighted by Crippen LogP contribution is 2.23. The van der Waals surface area contributed by atoms with Gasteiger partial charge in [-0.3, -0.25) is 4.79 Å². The first-order chi connectivity index (χ1) is 9.06. The van der Waals surface area contributed by atoms with E-state index in [0.29, 0.717) is 6.42 Å². The van der Waals surface area contributed by atoms with Crippen LogP contribution in [0.4, 0.5) is 5.69 Å². The molecule has 2 aromatic rings. The van der Waals surface area contributed by atoms with E-state index in [0.717, 1.165) is 21.3 Å². The standard InChI is InChI=1S/C15H16ClNOS/c1-11-3-5-12(6-4-11)17(2)15(18)10-8-13-7-9-14(16)19-13/h3-7,9H,8,10H2,1-2H3. The summed E-state index contributed by atoms with van der Waals surface area (Å²) in [6.07, 6.45) is 1.24. The van der Waals surface area contributed by atoms with Crippen LogP contribution in [0.1, 0.15) is 16.9 Å². The second-order valence-corrected chi connectivity index (χ2v) is 6.29. The molecule has 100 valence electrons. The van der Waals surface area contributed by atoms with Gasteiger partial charge in [0.1, 0.15) is 0 Å². The van der Waals surface area contributed by atoms with Crippen LogP contribution in [0.5, 0.6) is 0 Å². The Kier molecular flexibility index (Phi) is 4.61. The van der Waals surface area contributed by atoms with E-state index in [-0.39, 0.29) is 5.91 Å². The van der Waals surface area contributed by atoms with Crippen molar-refractivity contribution in [2.75, 3.05) is 11.9 Å². The minimum atomic E-state index is 0.119. The fourth-order valence-electron chi connectivity index (χ4n) is 1.80. The molecule has 1 amide bonds. The monoisotopic (exact) mass is 293 g/mol. The molecule has 0 fully saturated rings. The lowest BCUT2D eigenvalue weighted by molar-refractivity contribution is -0.118. The van der Waals surface area contributed by atoms with Crippen molar-refractivity contribution in [2.45, 2.75) is 19.8 Å². The van der Waals surface area contributed by atoms with Gasteiger partial charge in [-0.15, -0.1) is 11.3 Å². The molecule has 0 aliphatic heterocycles. The van der Waals surface area contributed by atoms with E-state index in [9.17, 15) is 4.79 Å². The summed E-state index contributed by atoms with van der Waals surface area (Å²) in [4.78, 5) is 15.0. The molecule has 0 aliphatic rings. The summed E-state index contributed by atoms with van der Waals surface area (Å²) < 4.78 is 0.773. The fraction of sp³-hybridized carbons (Fsp3) is 0.267. The normalized spacial score (nSPS) is 10.5. The van der Waals surface area contributed by atoms with Crippen molar-refractivity contribution >= 4 is 34.5 Å². The van der Waals surface area contributed by atoms with Crippen LogP contribution in [0.3, 0.4) is 0 Å². The number of halogens is 1. The predicted molar refractivity (Wildman–Crippen MR) is 82.2 cm³/mol. The summed E-state index contributed by atoms with van der Waals surface area (Å²) in [5, 5.41) is 0. The third kappa shape index (κ3) is 3.82. The summed E-state index contributed by atoms with van der Waals surface area (Å²) in [7, 11) is 1.81. The van der Waals surface area contributed by atoms with Gasteiger partial charge in [0.2, 0.25) is 5.91 Å². The number of rotatable bonds is 4. The van der Waals surface area contributed by atoms with Crippen molar-refractivity contribution in [3.8, 4) is 0 Å². The molecule has 1 aromatic heterocycles. The van der Waals surface area contributed by atoms with Crippen molar-refractivity contribution in [3.63, 3.8) is 0 Å². The minimum absolute atomic E-state index is 0.119. The molecule has 0 aliphatic carbocycles. The Hall–Kier alpha value is -1.32. The van der Waals surface area contributed by atoms with Crippen molar-refractivity contribution < 1.29 is 4.79 Å². The van der Waals surface area contributed by atoms with Gasteiger partial charge < -0.3 is 4.90 Å². The summed E-state index contributed by atoms with van der Waals surface area (Å²) in [6, 6.07) is 11.8. The molecule has 2 nitrogen and oxygen atoms in total. The Balaban J connectivity index is 1.94. The highest BCUT2D eigenvalue weighted by atomic mass is 35.5. The first kappa shape index (κ1) is 14.1. The number of nitrogens with zero attached hydrogens (tertiary/aromatic N) is 1. The van der Waals surface area contributed by atoms with Crippen LogP contribution in [0.15, 0.2) is 36.4 Å². The fourth-order valence-corrected chi connectivity index (χ4v) is 2.88. The second-order valence-electron chi connectivity index (χ2n) is 4.49. The maximum absolute atomic E-state index is 12.1. The molecule has 4 heteroatoms. The van der Waals surface area contributed by atoms with Gasteiger partial charge in [0.15, 0.2) is 0 Å². The largest absolute Gasteiger partial charge is 0.315 e. The van der Waals surface area contributed by atoms with E-state index in [1.165, 1.54) is 16.9 Å². The zero-order valence-electron chi connectivity index (χ0n) is 11.0. The number of thiophene rings is 1. The smallest absolute Gasteiger partial charge is 0.227 e. The highest BCUT2D eigenvalue weighted by molar-refractivity contribution is 7.16. The maximum Gasteiger partial charge on any atom is 0.227 e. The van der Waals surface area contributed by atoms with Gasteiger partial charge >= 0.3 is 0 Å². The van der Waals surface area contributed by atoms with Gasteiger partial charge in [-0.1, -0.05) is 29.3 Å². The van der Waals surface area contributed by atoms with Crippen LogP contribution in [0, 0.1) is 6.92 Å². The zero-order chi connectivity index (χ0) is 13.8. The Morgan fingerprint density at radius 3 is 2.47 bits per heavy atom. The van der Waals surface area contributed by atoms with Crippen molar-refractivity contribution in [2.24, 2.45) is 0 Å². The molecule has 2 rings (SSSR count). The molecule has 0 spiro atoms. The van der Waals surface area contributed by atoms with Crippen LogP contribution in [-0.2, 0) is 11.2 Å². The van der Waals surface area contributed by atoms with Crippen molar-refractivity contribution in [1.29, 1.82) is 0 Å². The average molecular weight is 294 g/mol. The molecule has 0 saturated heterocycles. The molecule has 0 radical (unpaired) electrons. The number of hydrogen-bond donors (Lipinski definition) is 0. The number of aryl methyl sites for hydroxylation is 2. The number of benzene rings is 1. The van der Waals surface area contributed by atoms with E-state index < -0.39 is 0 Å². The lowest BCUT2D eigenvalue weighted by Crippen LogP contribution is -2.26. The summed E-state index contributed by atoms with van der Waals surface area (Å²) in [5.74, 6) is 0.119. The van der Waals surface area contributed by atoms with Crippen molar-refractivity contribution in [3.05, 3.63) is 51.2 Å². The Morgan fingerprint density at radius 2 is 1.89 bits per heavy atom. The maximum atomic E-state index is 12.1. The van der Waals surface area contributed by atoms with E-state index >= 15 is 0 Å². The van der Waals surface area contributed by atoms with E-state index in [1.54, 1.807) is 4.90 Å². The van der Waals surface area contributed by atoms with E-state index in [4.69, 9.17) is 11.6 Å². The number of carbonyl (C=O) groups is 1. The third-order valence-electron chi connectivity index (χ3n) is 3.01. The summed E-state index contributed by atoms with van der Waals surface area (Å²) in [5.41, 5.74) is 2.12. The first-order valence-corrected chi connectivity index (χ1v) is 7.33. The van der Waals surface area contributed by atoms with Crippen LogP contribution in [-0.4, -0.2) is 13.0 Å². The number of carbonyl (C=O) groups excluding carboxylic acids is 1. The quantitative estimate of drug-likeness (QED) is 0.823. The Morgan fingerprint density at radius 1 is 1.21 bits per heavy atom. The Labute approximate surface area is 122 Å². The summed E-state index contributed by atoms with van der Waals surface area (Å²) >= 11 is 7.41. The molecule has 0 saturated carbocycles. The van der Waals surface area contributed by atoms with Gasteiger partial charge in [0.05, 0.1) is 4.34 Å². The SMILES string of the molecule is Cc1ccc(N(C)C(=O)CCc2ccc(Cl)s2)cc1. The third-order valence-corrected chi connectivity index (χ3v) is 4.30. The van der Waals surface area contributed by atoms with Gasteiger partial charge in [0.25, 0.3) is 0 Å². The number of amides is 1. The number of hydrogen-bond acceptors (Lipinski definition) is 2. The molecule has 1 heterocycles. The van der Waals surface area contributed by atoms with Gasteiger partial charge in [-0.25, -0.2) is 0 Å². The topological polar surface area (TPSA) is 20.3 Å². The molecular formula is C15H16ClNOS. The van der Waals surface area contributed by atoms with Crippen LogP contribution in [0.2, 0.25) is 4.34 Å².